The summed E-state index contributed by atoms with van der Waals surface area (Å²) in [6, 6.07) is 2.00. The van der Waals surface area contributed by atoms with Crippen molar-refractivity contribution in [1.29, 1.82) is 5.26 Å². The molecule has 0 aliphatic heterocycles. The lowest BCUT2D eigenvalue weighted by atomic mass is 10.0. The zero-order chi connectivity index (χ0) is 16.4. The topological polar surface area (TPSA) is 66.9 Å². The molecule has 0 bridgehead atoms. The molecule has 0 saturated carbocycles. The van der Waals surface area contributed by atoms with E-state index in [0.29, 0.717) is 18.2 Å². The minimum Gasteiger partial charge on any atom is -0.365 e. The zero-order valence-electron chi connectivity index (χ0n) is 10.0. The number of halogens is 6. The van der Waals surface area contributed by atoms with Crippen molar-refractivity contribution in [3.8, 4) is 6.07 Å². The van der Waals surface area contributed by atoms with Gasteiger partial charge in [-0.25, -0.2) is 0 Å². The van der Waals surface area contributed by atoms with Gasteiger partial charge in [-0.2, -0.15) is 31.6 Å². The minimum atomic E-state index is -5.01. The van der Waals surface area contributed by atoms with E-state index in [0.717, 1.165) is 0 Å². The Kier molecular flexibility index (Phi) is 4.32. The molecule has 0 atom stereocenters. The van der Waals surface area contributed by atoms with Crippen LogP contribution < -0.4 is 5.73 Å². The van der Waals surface area contributed by atoms with Gasteiger partial charge >= 0.3 is 12.4 Å². The van der Waals surface area contributed by atoms with Gasteiger partial charge in [0.05, 0.1) is 11.1 Å². The number of hydrogen-bond donors (Lipinski definition) is 1. The number of hydrogen-bond acceptors (Lipinski definition) is 2. The Hall–Kier alpha value is -2.50. The number of nitriles is 1. The molecule has 1 amide bonds. The summed E-state index contributed by atoms with van der Waals surface area (Å²) in [5.41, 5.74) is 0.302. The van der Waals surface area contributed by atoms with Crippen molar-refractivity contribution in [3.05, 3.63) is 40.5 Å². The van der Waals surface area contributed by atoms with Crippen LogP contribution in [0, 0.1) is 11.3 Å². The molecule has 9 heteroatoms. The minimum absolute atomic E-state index is 0.0619. The van der Waals surface area contributed by atoms with Crippen LogP contribution in [-0.2, 0) is 17.1 Å². The van der Waals surface area contributed by atoms with Gasteiger partial charge in [-0.3, -0.25) is 4.79 Å². The Morgan fingerprint density at radius 2 is 1.48 bits per heavy atom. The molecule has 1 rings (SSSR count). The molecular formula is C12H6F6N2O. The number of primary amides is 1. The van der Waals surface area contributed by atoms with Crippen LogP contribution in [0.4, 0.5) is 26.3 Å². The first-order valence-electron chi connectivity index (χ1n) is 5.16. The number of carbonyl (C=O) groups is 1. The van der Waals surface area contributed by atoms with Crippen LogP contribution in [0.1, 0.15) is 16.7 Å². The molecule has 2 N–H and O–H groups in total. The van der Waals surface area contributed by atoms with Crippen molar-refractivity contribution < 1.29 is 31.1 Å². The molecule has 3 nitrogen and oxygen atoms in total. The van der Waals surface area contributed by atoms with Gasteiger partial charge < -0.3 is 5.73 Å². The van der Waals surface area contributed by atoms with E-state index >= 15 is 0 Å². The maximum atomic E-state index is 12.6. The number of rotatable bonds is 2. The van der Waals surface area contributed by atoms with Gasteiger partial charge in [0.25, 0.3) is 5.91 Å². The lowest BCUT2D eigenvalue weighted by Gasteiger charge is -2.13. The molecule has 0 aliphatic carbocycles. The standard InChI is InChI=1S/C12H6F6N2O/c13-11(14,15)8-2-6(1-7(5-19)10(20)21)3-9(4-8)12(16,17)18/h1-4H,(H2,20,21). The van der Waals surface area contributed by atoms with Crippen LogP contribution in [0.2, 0.25) is 0 Å². The fourth-order valence-electron chi connectivity index (χ4n) is 1.39. The monoisotopic (exact) mass is 308 g/mol. The second-order valence-electron chi connectivity index (χ2n) is 3.87. The molecule has 0 aromatic heterocycles. The molecule has 112 valence electrons. The van der Waals surface area contributed by atoms with Crippen LogP contribution in [0.15, 0.2) is 23.8 Å². The van der Waals surface area contributed by atoms with E-state index < -0.39 is 40.5 Å². The van der Waals surface area contributed by atoms with Gasteiger partial charge in [-0.05, 0) is 29.8 Å². The van der Waals surface area contributed by atoms with E-state index in [1.54, 1.807) is 0 Å². The predicted octanol–water partition coefficient (Wildman–Crippen LogP) is 3.12. The maximum absolute atomic E-state index is 12.6. The number of nitrogens with two attached hydrogens (primary N) is 1. The largest absolute Gasteiger partial charge is 0.416 e. The van der Waals surface area contributed by atoms with Gasteiger partial charge in [0.1, 0.15) is 11.6 Å². The lowest BCUT2D eigenvalue weighted by Crippen LogP contribution is -2.13. The van der Waals surface area contributed by atoms with E-state index in [4.69, 9.17) is 11.0 Å². The second-order valence-corrected chi connectivity index (χ2v) is 3.87. The average Bonchev–Trinajstić information content (AvgIpc) is 2.33. The van der Waals surface area contributed by atoms with Crippen LogP contribution in [-0.4, -0.2) is 5.91 Å². The summed E-state index contributed by atoms with van der Waals surface area (Å²) in [5, 5.41) is 8.55. The molecule has 0 heterocycles. The molecule has 0 unspecified atom stereocenters. The SMILES string of the molecule is N#CC(=Cc1cc(C(F)(F)F)cc(C(F)(F)F)c1)C(N)=O. The van der Waals surface area contributed by atoms with E-state index in [1.165, 1.54) is 6.07 Å². The van der Waals surface area contributed by atoms with Crippen molar-refractivity contribution in [2.75, 3.05) is 0 Å². The second kappa shape index (κ2) is 5.47. The third kappa shape index (κ3) is 4.24. The molecule has 0 radical (unpaired) electrons. The summed E-state index contributed by atoms with van der Waals surface area (Å²) in [6.07, 6.45) is -9.46. The van der Waals surface area contributed by atoms with Crippen molar-refractivity contribution in [2.45, 2.75) is 12.4 Å². The molecular weight excluding hydrogens is 302 g/mol. The van der Waals surface area contributed by atoms with Crippen molar-refractivity contribution >= 4 is 12.0 Å². The zero-order valence-corrected chi connectivity index (χ0v) is 10.0. The van der Waals surface area contributed by atoms with Gasteiger partial charge in [0.15, 0.2) is 0 Å². The third-order valence-corrected chi connectivity index (χ3v) is 2.31. The quantitative estimate of drug-likeness (QED) is 0.518. The van der Waals surface area contributed by atoms with Gasteiger partial charge in [-0.1, -0.05) is 0 Å². The summed E-state index contributed by atoms with van der Waals surface area (Å²) in [6.45, 7) is 0. The van der Waals surface area contributed by atoms with Crippen LogP contribution in [0.25, 0.3) is 6.08 Å². The van der Waals surface area contributed by atoms with Gasteiger partial charge in [-0.15, -0.1) is 0 Å². The normalized spacial score (nSPS) is 12.9. The summed E-state index contributed by atoms with van der Waals surface area (Å²) in [5.74, 6) is -1.26. The van der Waals surface area contributed by atoms with E-state index in [1.807, 2.05) is 0 Å². The summed E-state index contributed by atoms with van der Waals surface area (Å²) >= 11 is 0. The summed E-state index contributed by atoms with van der Waals surface area (Å²) in [7, 11) is 0. The fourth-order valence-corrected chi connectivity index (χ4v) is 1.39. The lowest BCUT2D eigenvalue weighted by molar-refractivity contribution is -0.143. The summed E-state index contributed by atoms with van der Waals surface area (Å²) < 4.78 is 75.4. The van der Waals surface area contributed by atoms with Crippen LogP contribution in [0.3, 0.4) is 0 Å². The Morgan fingerprint density at radius 1 is 1.05 bits per heavy atom. The fraction of sp³-hybridized carbons (Fsp3) is 0.167. The third-order valence-electron chi connectivity index (χ3n) is 2.31. The van der Waals surface area contributed by atoms with Gasteiger partial charge in [0, 0.05) is 0 Å². The van der Waals surface area contributed by atoms with E-state index in [9.17, 15) is 31.1 Å². The Bertz CT molecular complexity index is 604. The van der Waals surface area contributed by atoms with E-state index in [2.05, 4.69) is 0 Å². The number of amides is 1. The predicted molar refractivity (Wildman–Crippen MR) is 59.2 cm³/mol. The maximum Gasteiger partial charge on any atom is 0.416 e. The van der Waals surface area contributed by atoms with E-state index in [-0.39, 0.29) is 6.07 Å². The molecule has 0 fully saturated rings. The highest BCUT2D eigenvalue weighted by molar-refractivity contribution is 6.00. The van der Waals surface area contributed by atoms with Crippen LogP contribution >= 0.6 is 0 Å². The molecule has 21 heavy (non-hydrogen) atoms. The number of alkyl halides is 6. The Morgan fingerprint density at radius 3 is 1.76 bits per heavy atom. The first-order valence-corrected chi connectivity index (χ1v) is 5.16. The van der Waals surface area contributed by atoms with Gasteiger partial charge in [0.2, 0.25) is 0 Å². The highest BCUT2D eigenvalue weighted by Gasteiger charge is 2.36. The number of nitrogens with zero attached hydrogens (tertiary/aromatic N) is 1. The molecule has 0 aliphatic rings. The smallest absolute Gasteiger partial charge is 0.365 e. The average molecular weight is 308 g/mol. The molecule has 0 spiro atoms. The number of benzene rings is 1. The Balaban J connectivity index is 3.54. The first-order chi connectivity index (χ1) is 9.45. The van der Waals surface area contributed by atoms with Crippen molar-refractivity contribution in [3.63, 3.8) is 0 Å². The van der Waals surface area contributed by atoms with Crippen LogP contribution in [0.5, 0.6) is 0 Å². The highest BCUT2D eigenvalue weighted by atomic mass is 19.4. The van der Waals surface area contributed by atoms with Crippen molar-refractivity contribution in [1.82, 2.24) is 0 Å². The van der Waals surface area contributed by atoms with Crippen molar-refractivity contribution in [2.24, 2.45) is 5.73 Å². The highest BCUT2D eigenvalue weighted by Crippen LogP contribution is 2.36. The number of carbonyl (C=O) groups excluding carboxylic acids is 1. The molecule has 1 aromatic rings. The molecule has 0 saturated heterocycles. The summed E-state index contributed by atoms with van der Waals surface area (Å²) in [4.78, 5) is 10.8. The molecule has 1 aromatic carbocycles. The first kappa shape index (κ1) is 16.6. The Labute approximate surface area is 114 Å².